The van der Waals surface area contributed by atoms with Crippen molar-refractivity contribution >= 4 is 11.9 Å². The lowest BCUT2D eigenvalue weighted by atomic mass is 9.79. The fraction of sp³-hybridized carbons (Fsp3) is 0.846. The lowest BCUT2D eigenvalue weighted by molar-refractivity contribution is -0.155. The van der Waals surface area contributed by atoms with Gasteiger partial charge in [-0.25, -0.2) is 5.48 Å². The van der Waals surface area contributed by atoms with Gasteiger partial charge in [0.05, 0.1) is 17.9 Å². The van der Waals surface area contributed by atoms with E-state index in [0.29, 0.717) is 12.8 Å². The maximum atomic E-state index is 12.0. The van der Waals surface area contributed by atoms with E-state index in [-0.39, 0.29) is 12.0 Å². The molecule has 0 heterocycles. The molecule has 2 aliphatic carbocycles. The predicted molar refractivity (Wildman–Crippen MR) is 64.6 cm³/mol. The minimum absolute atomic E-state index is 0.112. The topological polar surface area (TPSA) is 75.6 Å². The highest BCUT2D eigenvalue weighted by molar-refractivity contribution is 5.84. The third kappa shape index (κ3) is 3.22. The summed E-state index contributed by atoms with van der Waals surface area (Å²) < 4.78 is 0. The SMILES string of the molecule is O=C(O)C1CCCCC1C(=O)NOC1CCCC1. The van der Waals surface area contributed by atoms with Gasteiger partial charge in [-0.1, -0.05) is 25.7 Å². The van der Waals surface area contributed by atoms with Gasteiger partial charge in [-0.2, -0.15) is 0 Å². The fourth-order valence-electron chi connectivity index (χ4n) is 2.96. The summed E-state index contributed by atoms with van der Waals surface area (Å²) in [6.45, 7) is 0. The third-order valence-electron chi connectivity index (χ3n) is 4.05. The van der Waals surface area contributed by atoms with Gasteiger partial charge in [0, 0.05) is 0 Å². The van der Waals surface area contributed by atoms with Crippen molar-refractivity contribution in [3.63, 3.8) is 0 Å². The zero-order valence-corrected chi connectivity index (χ0v) is 10.6. The molecule has 2 unspecified atom stereocenters. The van der Waals surface area contributed by atoms with Crippen LogP contribution in [-0.4, -0.2) is 23.1 Å². The Morgan fingerprint density at radius 3 is 2.11 bits per heavy atom. The van der Waals surface area contributed by atoms with Crippen LogP contribution in [0.3, 0.4) is 0 Å². The molecule has 18 heavy (non-hydrogen) atoms. The van der Waals surface area contributed by atoms with Gasteiger partial charge in [-0.05, 0) is 25.7 Å². The molecule has 5 heteroatoms. The van der Waals surface area contributed by atoms with Crippen molar-refractivity contribution in [1.82, 2.24) is 5.48 Å². The second-order valence-electron chi connectivity index (χ2n) is 5.33. The van der Waals surface area contributed by atoms with Gasteiger partial charge >= 0.3 is 5.97 Å². The molecule has 0 saturated heterocycles. The summed E-state index contributed by atoms with van der Waals surface area (Å²) in [5.74, 6) is -2.10. The Bertz CT molecular complexity index is 312. The van der Waals surface area contributed by atoms with Crippen molar-refractivity contribution in [3.8, 4) is 0 Å². The molecule has 2 saturated carbocycles. The number of amides is 1. The average Bonchev–Trinajstić information content (AvgIpc) is 2.89. The van der Waals surface area contributed by atoms with Crippen LogP contribution in [0.15, 0.2) is 0 Å². The molecule has 2 atom stereocenters. The van der Waals surface area contributed by atoms with Gasteiger partial charge < -0.3 is 5.11 Å². The Morgan fingerprint density at radius 2 is 1.50 bits per heavy atom. The van der Waals surface area contributed by atoms with Crippen LogP contribution in [0.4, 0.5) is 0 Å². The van der Waals surface area contributed by atoms with E-state index in [1.165, 1.54) is 0 Å². The van der Waals surface area contributed by atoms with Crippen LogP contribution in [0.1, 0.15) is 51.4 Å². The highest BCUT2D eigenvalue weighted by Gasteiger charge is 2.36. The van der Waals surface area contributed by atoms with Crippen LogP contribution in [-0.2, 0) is 14.4 Å². The summed E-state index contributed by atoms with van der Waals surface area (Å²) in [5.41, 5.74) is 2.48. The van der Waals surface area contributed by atoms with Crippen LogP contribution in [0.25, 0.3) is 0 Å². The number of carboxylic acid groups (broad SMARTS) is 1. The minimum Gasteiger partial charge on any atom is -0.481 e. The first-order chi connectivity index (χ1) is 8.68. The summed E-state index contributed by atoms with van der Waals surface area (Å²) in [6.07, 6.45) is 7.41. The molecular weight excluding hydrogens is 234 g/mol. The molecule has 2 N–H and O–H groups in total. The number of hydroxylamine groups is 1. The van der Waals surface area contributed by atoms with Gasteiger partial charge in [0.1, 0.15) is 0 Å². The lowest BCUT2D eigenvalue weighted by Crippen LogP contribution is -2.40. The first-order valence-electron chi connectivity index (χ1n) is 6.87. The number of nitrogens with one attached hydrogen (secondary N) is 1. The number of carboxylic acids is 1. The molecule has 2 fully saturated rings. The van der Waals surface area contributed by atoms with E-state index in [4.69, 9.17) is 9.94 Å². The molecule has 0 aromatic carbocycles. The summed E-state index contributed by atoms with van der Waals surface area (Å²) in [5, 5.41) is 9.12. The van der Waals surface area contributed by atoms with Crippen LogP contribution < -0.4 is 5.48 Å². The van der Waals surface area contributed by atoms with E-state index < -0.39 is 17.8 Å². The second-order valence-corrected chi connectivity index (χ2v) is 5.33. The number of carbonyl (C=O) groups excluding carboxylic acids is 1. The van der Waals surface area contributed by atoms with Crippen molar-refractivity contribution in [2.45, 2.75) is 57.5 Å². The smallest absolute Gasteiger partial charge is 0.307 e. The van der Waals surface area contributed by atoms with Crippen LogP contribution in [0.5, 0.6) is 0 Å². The highest BCUT2D eigenvalue weighted by atomic mass is 16.7. The van der Waals surface area contributed by atoms with E-state index in [9.17, 15) is 9.59 Å². The Hall–Kier alpha value is -1.10. The molecule has 0 radical (unpaired) electrons. The summed E-state index contributed by atoms with van der Waals surface area (Å²) in [6, 6.07) is 0. The lowest BCUT2D eigenvalue weighted by Gasteiger charge is -2.27. The molecule has 102 valence electrons. The molecule has 0 aromatic rings. The molecule has 5 nitrogen and oxygen atoms in total. The third-order valence-corrected chi connectivity index (χ3v) is 4.05. The van der Waals surface area contributed by atoms with E-state index in [1.54, 1.807) is 0 Å². The largest absolute Gasteiger partial charge is 0.481 e. The Balaban J connectivity index is 1.83. The average molecular weight is 255 g/mol. The molecule has 0 bridgehead atoms. The molecule has 0 aliphatic heterocycles. The molecule has 1 amide bonds. The zero-order chi connectivity index (χ0) is 13.0. The van der Waals surface area contributed by atoms with Gasteiger partial charge in [0.2, 0.25) is 5.91 Å². The van der Waals surface area contributed by atoms with E-state index >= 15 is 0 Å². The standard InChI is InChI=1S/C13H21NO4/c15-12(14-18-9-5-1-2-6-9)10-7-3-4-8-11(10)13(16)17/h9-11H,1-8H2,(H,14,15)(H,16,17). The predicted octanol–water partition coefficient (Wildman–Crippen LogP) is 1.87. The fourth-order valence-corrected chi connectivity index (χ4v) is 2.96. The Kier molecular flexibility index (Phi) is 4.58. The number of aliphatic carboxylic acids is 1. The maximum absolute atomic E-state index is 12.0. The van der Waals surface area contributed by atoms with Crippen LogP contribution >= 0.6 is 0 Å². The van der Waals surface area contributed by atoms with E-state index in [1.807, 2.05) is 0 Å². The number of hydrogen-bond acceptors (Lipinski definition) is 3. The van der Waals surface area contributed by atoms with Gasteiger partial charge in [0.15, 0.2) is 0 Å². The number of hydrogen-bond donors (Lipinski definition) is 2. The Morgan fingerprint density at radius 1 is 0.944 bits per heavy atom. The van der Waals surface area contributed by atoms with Crippen molar-refractivity contribution in [1.29, 1.82) is 0 Å². The summed E-state index contributed by atoms with van der Waals surface area (Å²) in [4.78, 5) is 28.4. The Labute approximate surface area is 107 Å². The van der Waals surface area contributed by atoms with Crippen molar-refractivity contribution in [2.75, 3.05) is 0 Å². The number of carbonyl (C=O) groups is 2. The van der Waals surface area contributed by atoms with E-state index in [0.717, 1.165) is 38.5 Å². The molecule has 0 spiro atoms. The first-order valence-corrected chi connectivity index (χ1v) is 6.87. The molecule has 0 aromatic heterocycles. The molecular formula is C13H21NO4. The second kappa shape index (κ2) is 6.18. The van der Waals surface area contributed by atoms with Gasteiger partial charge in [-0.15, -0.1) is 0 Å². The minimum atomic E-state index is -0.865. The highest BCUT2D eigenvalue weighted by Crippen LogP contribution is 2.30. The monoisotopic (exact) mass is 255 g/mol. The van der Waals surface area contributed by atoms with Gasteiger partial charge in [0.25, 0.3) is 0 Å². The maximum Gasteiger partial charge on any atom is 0.307 e. The summed E-state index contributed by atoms with van der Waals surface area (Å²) >= 11 is 0. The molecule has 2 aliphatic rings. The van der Waals surface area contributed by atoms with Crippen molar-refractivity contribution < 1.29 is 19.5 Å². The van der Waals surface area contributed by atoms with Gasteiger partial charge in [-0.3, -0.25) is 14.4 Å². The van der Waals surface area contributed by atoms with Crippen molar-refractivity contribution in [2.24, 2.45) is 11.8 Å². The van der Waals surface area contributed by atoms with Crippen LogP contribution in [0, 0.1) is 11.8 Å². The van der Waals surface area contributed by atoms with Crippen LogP contribution in [0.2, 0.25) is 0 Å². The zero-order valence-electron chi connectivity index (χ0n) is 10.6. The normalized spacial score (nSPS) is 29.1. The van der Waals surface area contributed by atoms with E-state index in [2.05, 4.69) is 5.48 Å². The quantitative estimate of drug-likeness (QED) is 0.752. The van der Waals surface area contributed by atoms with Crippen molar-refractivity contribution in [3.05, 3.63) is 0 Å². The first kappa shape index (κ1) is 13.3. The molecule has 2 rings (SSSR count). The number of rotatable bonds is 4. The summed E-state index contributed by atoms with van der Waals surface area (Å²) in [7, 11) is 0.